The van der Waals surface area contributed by atoms with Crippen LogP contribution in [0.3, 0.4) is 0 Å². The highest BCUT2D eigenvalue weighted by Crippen LogP contribution is 2.21. The molecule has 0 fully saturated rings. The Morgan fingerprint density at radius 1 is 1.33 bits per heavy atom. The Morgan fingerprint density at radius 3 is 2.83 bits per heavy atom. The molecule has 2 heterocycles. The molecule has 2 aromatic heterocycles. The van der Waals surface area contributed by atoms with E-state index in [0.29, 0.717) is 10.8 Å². The number of rotatable bonds is 1. The first-order chi connectivity index (χ1) is 5.86. The monoisotopic (exact) mass is 179 g/mol. The van der Waals surface area contributed by atoms with Gasteiger partial charge >= 0.3 is 0 Å². The third-order valence-corrected chi connectivity index (χ3v) is 1.68. The van der Waals surface area contributed by atoms with Crippen LogP contribution in [-0.4, -0.2) is 4.98 Å². The Labute approximate surface area is 74.8 Å². The molecule has 3 heteroatoms. The summed E-state index contributed by atoms with van der Waals surface area (Å²) in [5, 5.41) is 0.593. The van der Waals surface area contributed by atoms with Crippen molar-refractivity contribution in [2.75, 3.05) is 0 Å². The maximum atomic E-state index is 5.69. The van der Waals surface area contributed by atoms with Crippen LogP contribution >= 0.6 is 11.6 Å². The molecule has 60 valence electrons. The van der Waals surface area contributed by atoms with Crippen LogP contribution in [0.4, 0.5) is 0 Å². The van der Waals surface area contributed by atoms with Crippen LogP contribution < -0.4 is 0 Å². The molecule has 0 aliphatic carbocycles. The second-order valence-corrected chi connectivity index (χ2v) is 2.78. The number of nitrogens with zero attached hydrogens (tertiary/aromatic N) is 1. The fraction of sp³-hybridized carbons (Fsp3) is 0. The van der Waals surface area contributed by atoms with Gasteiger partial charge in [-0.25, -0.2) is 0 Å². The van der Waals surface area contributed by atoms with Crippen molar-refractivity contribution in [3.8, 4) is 11.5 Å². The molecule has 0 aliphatic rings. The van der Waals surface area contributed by atoms with E-state index in [1.807, 2.05) is 18.2 Å². The first-order valence-electron chi connectivity index (χ1n) is 3.52. The third-order valence-electron chi connectivity index (χ3n) is 1.48. The second kappa shape index (κ2) is 2.99. The molecule has 0 saturated carbocycles. The normalized spacial score (nSPS) is 10.1. The molecule has 0 aromatic carbocycles. The van der Waals surface area contributed by atoms with Crippen LogP contribution in [0.2, 0.25) is 5.02 Å². The molecule has 0 unspecified atom stereocenters. The summed E-state index contributed by atoms with van der Waals surface area (Å²) in [4.78, 5) is 4.11. The summed E-state index contributed by atoms with van der Waals surface area (Å²) in [6, 6.07) is 7.37. The molecular weight excluding hydrogens is 174 g/mol. The number of hydrogen-bond acceptors (Lipinski definition) is 2. The van der Waals surface area contributed by atoms with Gasteiger partial charge in [0.25, 0.3) is 0 Å². The van der Waals surface area contributed by atoms with E-state index in [1.165, 1.54) is 6.26 Å². The Morgan fingerprint density at radius 2 is 2.25 bits per heavy atom. The van der Waals surface area contributed by atoms with E-state index in [4.69, 9.17) is 16.0 Å². The molecular formula is C9H6ClNO. The highest BCUT2D eigenvalue weighted by molar-refractivity contribution is 6.30. The summed E-state index contributed by atoms with van der Waals surface area (Å²) in [6.07, 6.45) is 3.21. The van der Waals surface area contributed by atoms with Gasteiger partial charge in [-0.15, -0.1) is 0 Å². The van der Waals surface area contributed by atoms with Gasteiger partial charge < -0.3 is 4.42 Å². The zero-order valence-electron chi connectivity index (χ0n) is 6.20. The summed E-state index contributed by atoms with van der Waals surface area (Å²) >= 11 is 5.69. The van der Waals surface area contributed by atoms with Crippen molar-refractivity contribution >= 4 is 11.6 Å². The highest BCUT2D eigenvalue weighted by Gasteiger charge is 2.02. The van der Waals surface area contributed by atoms with Gasteiger partial charge in [-0.1, -0.05) is 17.7 Å². The maximum Gasteiger partial charge on any atom is 0.153 e. The lowest BCUT2D eigenvalue weighted by molar-refractivity contribution is 0.580. The Hall–Kier alpha value is -1.28. The third kappa shape index (κ3) is 1.34. The lowest BCUT2D eigenvalue weighted by Crippen LogP contribution is -1.76. The van der Waals surface area contributed by atoms with Gasteiger partial charge in [0, 0.05) is 12.3 Å². The predicted molar refractivity (Wildman–Crippen MR) is 46.9 cm³/mol. The lowest BCUT2D eigenvalue weighted by atomic mass is 10.3. The summed E-state index contributed by atoms with van der Waals surface area (Å²) in [5.41, 5.74) is 0.796. The molecule has 0 aliphatic heterocycles. The van der Waals surface area contributed by atoms with Gasteiger partial charge in [-0.2, -0.15) is 0 Å². The molecule has 0 atom stereocenters. The molecule has 12 heavy (non-hydrogen) atoms. The van der Waals surface area contributed by atoms with E-state index in [2.05, 4.69) is 4.98 Å². The molecule has 0 bridgehead atoms. The highest BCUT2D eigenvalue weighted by atomic mass is 35.5. The van der Waals surface area contributed by atoms with Crippen LogP contribution in [0.25, 0.3) is 11.5 Å². The van der Waals surface area contributed by atoms with Crippen molar-refractivity contribution in [2.45, 2.75) is 0 Å². The van der Waals surface area contributed by atoms with Crippen molar-refractivity contribution in [3.63, 3.8) is 0 Å². The fourth-order valence-electron chi connectivity index (χ4n) is 0.956. The van der Waals surface area contributed by atoms with Gasteiger partial charge in [-0.05, 0) is 12.1 Å². The van der Waals surface area contributed by atoms with E-state index in [9.17, 15) is 0 Å². The SMILES string of the molecule is Clc1coc(-c2ccccn2)c1. The standard InChI is InChI=1S/C9H6ClNO/c10-7-5-9(12-6-7)8-3-1-2-4-11-8/h1-6H. The van der Waals surface area contributed by atoms with Crippen LogP contribution in [0.15, 0.2) is 41.1 Å². The largest absolute Gasteiger partial charge is 0.461 e. The van der Waals surface area contributed by atoms with Crippen molar-refractivity contribution in [2.24, 2.45) is 0 Å². The summed E-state index contributed by atoms with van der Waals surface area (Å²) < 4.78 is 5.16. The quantitative estimate of drug-likeness (QED) is 0.673. The van der Waals surface area contributed by atoms with Gasteiger partial charge in [0.2, 0.25) is 0 Å². The predicted octanol–water partition coefficient (Wildman–Crippen LogP) is 3.00. The number of pyridine rings is 1. The molecule has 0 radical (unpaired) electrons. The number of furan rings is 1. The summed E-state index contributed by atoms with van der Waals surface area (Å²) in [7, 11) is 0. The Balaban J connectivity index is 2.45. The Bertz CT molecular complexity index is 369. The lowest BCUT2D eigenvalue weighted by Gasteiger charge is -1.91. The van der Waals surface area contributed by atoms with E-state index < -0.39 is 0 Å². The van der Waals surface area contributed by atoms with E-state index >= 15 is 0 Å². The van der Waals surface area contributed by atoms with Crippen LogP contribution in [0.5, 0.6) is 0 Å². The van der Waals surface area contributed by atoms with E-state index in [0.717, 1.165) is 5.69 Å². The van der Waals surface area contributed by atoms with Gasteiger partial charge in [0.15, 0.2) is 5.76 Å². The molecule has 0 saturated heterocycles. The minimum atomic E-state index is 0.593. The molecule has 0 N–H and O–H groups in total. The topological polar surface area (TPSA) is 26.0 Å². The van der Waals surface area contributed by atoms with Crippen molar-refractivity contribution in [1.29, 1.82) is 0 Å². The molecule has 2 rings (SSSR count). The molecule has 0 spiro atoms. The Kier molecular flexibility index (Phi) is 1.84. The average Bonchev–Trinajstić information content (AvgIpc) is 2.54. The van der Waals surface area contributed by atoms with Crippen molar-refractivity contribution in [3.05, 3.63) is 41.7 Å². The zero-order valence-corrected chi connectivity index (χ0v) is 6.95. The molecule has 0 amide bonds. The number of halogens is 1. The van der Waals surface area contributed by atoms with E-state index in [1.54, 1.807) is 12.3 Å². The maximum absolute atomic E-state index is 5.69. The zero-order chi connectivity index (χ0) is 8.39. The van der Waals surface area contributed by atoms with Gasteiger partial charge in [0.05, 0.1) is 5.02 Å². The fourth-order valence-corrected chi connectivity index (χ4v) is 1.10. The van der Waals surface area contributed by atoms with Gasteiger partial charge in [0.1, 0.15) is 12.0 Å². The van der Waals surface area contributed by atoms with Crippen LogP contribution in [0, 0.1) is 0 Å². The first kappa shape index (κ1) is 7.37. The van der Waals surface area contributed by atoms with Crippen molar-refractivity contribution < 1.29 is 4.42 Å². The number of hydrogen-bond donors (Lipinski definition) is 0. The summed E-state index contributed by atoms with van der Waals surface area (Å²) in [5.74, 6) is 0.695. The smallest absolute Gasteiger partial charge is 0.153 e. The van der Waals surface area contributed by atoms with Crippen molar-refractivity contribution in [1.82, 2.24) is 4.98 Å². The van der Waals surface area contributed by atoms with Crippen LogP contribution in [-0.2, 0) is 0 Å². The average molecular weight is 180 g/mol. The number of aromatic nitrogens is 1. The minimum absolute atomic E-state index is 0.593. The molecule has 2 nitrogen and oxygen atoms in total. The van der Waals surface area contributed by atoms with E-state index in [-0.39, 0.29) is 0 Å². The van der Waals surface area contributed by atoms with Gasteiger partial charge in [-0.3, -0.25) is 4.98 Å². The second-order valence-electron chi connectivity index (χ2n) is 2.34. The summed E-state index contributed by atoms with van der Waals surface area (Å²) in [6.45, 7) is 0. The first-order valence-corrected chi connectivity index (χ1v) is 3.89. The van der Waals surface area contributed by atoms with Crippen LogP contribution in [0.1, 0.15) is 0 Å². The minimum Gasteiger partial charge on any atom is -0.461 e. The molecule has 2 aromatic rings.